The molecule has 2 aromatic heterocycles. The minimum absolute atomic E-state index is 0.0826. The Balaban J connectivity index is 2.14. The van der Waals surface area contributed by atoms with Crippen LogP contribution in [0.25, 0.3) is 11.5 Å². The molecule has 2 heterocycles. The molecule has 0 aromatic carbocycles. The average Bonchev–Trinajstić information content (AvgIpc) is 2.95. The van der Waals surface area contributed by atoms with Crippen molar-refractivity contribution in [3.05, 3.63) is 24.2 Å². The quantitative estimate of drug-likeness (QED) is 0.869. The van der Waals surface area contributed by atoms with Crippen molar-refractivity contribution in [3.8, 4) is 17.3 Å². The largest absolute Gasteiger partial charge is 0.475 e. The van der Waals surface area contributed by atoms with Gasteiger partial charge in [0.05, 0.1) is 12.5 Å². The topological polar surface area (TPSA) is 90.1 Å². The number of carbonyl (C=O) groups is 1. The van der Waals surface area contributed by atoms with Crippen molar-refractivity contribution in [3.63, 3.8) is 0 Å². The van der Waals surface area contributed by atoms with E-state index in [1.165, 1.54) is 0 Å². The fourth-order valence-electron chi connectivity index (χ4n) is 1.57. The van der Waals surface area contributed by atoms with E-state index in [0.717, 1.165) is 6.42 Å². The van der Waals surface area contributed by atoms with E-state index in [2.05, 4.69) is 20.4 Å². The molecule has 0 saturated carbocycles. The number of nitrogens with one attached hydrogen (secondary N) is 1. The third-order valence-corrected chi connectivity index (χ3v) is 2.94. The summed E-state index contributed by atoms with van der Waals surface area (Å²) in [6.07, 6.45) is 2.68. The predicted molar refractivity (Wildman–Crippen MR) is 75.7 cm³/mol. The van der Waals surface area contributed by atoms with Crippen molar-refractivity contribution in [1.29, 1.82) is 0 Å². The summed E-state index contributed by atoms with van der Waals surface area (Å²) in [5, 5.41) is 6.29. The van der Waals surface area contributed by atoms with Gasteiger partial charge in [0.25, 0.3) is 5.89 Å². The zero-order valence-electron chi connectivity index (χ0n) is 12.3. The Morgan fingerprint density at radius 3 is 3.05 bits per heavy atom. The lowest BCUT2D eigenvalue weighted by molar-refractivity contribution is -0.120. The SMILES string of the molecule is CC[C@@H](C)Oc1cc(-c2nc(CC(=O)NC)no2)ccn1. The number of aromatic nitrogens is 3. The molecule has 0 unspecified atom stereocenters. The summed E-state index contributed by atoms with van der Waals surface area (Å²) in [5.74, 6) is 1.02. The fraction of sp³-hybridized carbons (Fsp3) is 0.429. The van der Waals surface area contributed by atoms with E-state index >= 15 is 0 Å². The third-order valence-electron chi connectivity index (χ3n) is 2.94. The van der Waals surface area contributed by atoms with E-state index in [1.54, 1.807) is 25.4 Å². The van der Waals surface area contributed by atoms with Gasteiger partial charge < -0.3 is 14.6 Å². The lowest BCUT2D eigenvalue weighted by atomic mass is 10.2. The lowest BCUT2D eigenvalue weighted by Crippen LogP contribution is -2.20. The Labute approximate surface area is 122 Å². The van der Waals surface area contributed by atoms with E-state index < -0.39 is 0 Å². The standard InChI is InChI=1S/C14H18N4O3/c1-4-9(2)20-13-7-10(5-6-16-13)14-17-11(18-21-14)8-12(19)15-3/h5-7,9H,4,8H2,1-3H3,(H,15,19)/t9-/m1/s1. The number of ether oxygens (including phenoxy) is 1. The van der Waals surface area contributed by atoms with E-state index in [-0.39, 0.29) is 18.4 Å². The first-order valence-corrected chi connectivity index (χ1v) is 6.78. The number of hydrogen-bond acceptors (Lipinski definition) is 6. The second-order valence-electron chi connectivity index (χ2n) is 4.59. The number of likely N-dealkylation sites (N-methyl/N-ethyl adjacent to an activating group) is 1. The van der Waals surface area contributed by atoms with Crippen molar-refractivity contribution in [2.45, 2.75) is 32.8 Å². The molecule has 7 nitrogen and oxygen atoms in total. The highest BCUT2D eigenvalue weighted by Gasteiger charge is 2.13. The second-order valence-corrected chi connectivity index (χ2v) is 4.59. The van der Waals surface area contributed by atoms with Gasteiger partial charge in [0.1, 0.15) is 0 Å². The molecular formula is C14H18N4O3. The van der Waals surface area contributed by atoms with E-state index in [1.807, 2.05) is 13.8 Å². The zero-order valence-corrected chi connectivity index (χ0v) is 12.3. The van der Waals surface area contributed by atoms with Crippen molar-refractivity contribution in [2.24, 2.45) is 0 Å². The minimum atomic E-state index is -0.169. The van der Waals surface area contributed by atoms with Gasteiger partial charge in [0, 0.05) is 24.9 Å². The minimum Gasteiger partial charge on any atom is -0.475 e. The maximum Gasteiger partial charge on any atom is 0.258 e. The molecule has 0 aliphatic heterocycles. The number of amides is 1. The molecule has 0 fully saturated rings. The highest BCUT2D eigenvalue weighted by atomic mass is 16.5. The average molecular weight is 290 g/mol. The summed E-state index contributed by atoms with van der Waals surface area (Å²) in [7, 11) is 1.56. The molecule has 0 spiro atoms. The van der Waals surface area contributed by atoms with Gasteiger partial charge in [-0.1, -0.05) is 12.1 Å². The van der Waals surface area contributed by atoms with Crippen LogP contribution in [0, 0.1) is 0 Å². The van der Waals surface area contributed by atoms with Gasteiger partial charge in [-0.2, -0.15) is 4.98 Å². The normalized spacial score (nSPS) is 12.0. The Hall–Kier alpha value is -2.44. The van der Waals surface area contributed by atoms with E-state index in [4.69, 9.17) is 9.26 Å². The second kappa shape index (κ2) is 6.83. The molecule has 112 valence electrons. The highest BCUT2D eigenvalue weighted by molar-refractivity contribution is 5.77. The van der Waals surface area contributed by atoms with Gasteiger partial charge in [-0.15, -0.1) is 0 Å². The van der Waals surface area contributed by atoms with Crippen LogP contribution < -0.4 is 10.1 Å². The molecule has 1 N–H and O–H groups in total. The van der Waals surface area contributed by atoms with Crippen LogP contribution in [-0.4, -0.2) is 34.2 Å². The van der Waals surface area contributed by atoms with Crippen LogP contribution in [0.3, 0.4) is 0 Å². The molecule has 0 bridgehead atoms. The van der Waals surface area contributed by atoms with Crippen LogP contribution in [0.5, 0.6) is 5.88 Å². The molecule has 0 radical (unpaired) electrons. The highest BCUT2D eigenvalue weighted by Crippen LogP contribution is 2.21. The molecule has 2 rings (SSSR count). The maximum atomic E-state index is 11.3. The van der Waals surface area contributed by atoms with Gasteiger partial charge in [0.2, 0.25) is 11.8 Å². The first kappa shape index (κ1) is 15.0. The van der Waals surface area contributed by atoms with Crippen molar-refractivity contribution in [2.75, 3.05) is 7.05 Å². The van der Waals surface area contributed by atoms with Crippen LogP contribution in [0.15, 0.2) is 22.9 Å². The predicted octanol–water partition coefficient (Wildman–Crippen LogP) is 1.60. The van der Waals surface area contributed by atoms with Crippen LogP contribution in [0.1, 0.15) is 26.1 Å². The van der Waals surface area contributed by atoms with Crippen molar-refractivity contribution in [1.82, 2.24) is 20.4 Å². The number of nitrogens with zero attached hydrogens (tertiary/aromatic N) is 3. The Morgan fingerprint density at radius 2 is 2.33 bits per heavy atom. The first-order chi connectivity index (χ1) is 10.1. The van der Waals surface area contributed by atoms with Gasteiger partial charge in [-0.25, -0.2) is 4.98 Å². The molecule has 21 heavy (non-hydrogen) atoms. The molecule has 0 aliphatic carbocycles. The summed E-state index contributed by atoms with van der Waals surface area (Å²) in [5.41, 5.74) is 0.707. The maximum absolute atomic E-state index is 11.3. The zero-order chi connectivity index (χ0) is 15.2. The van der Waals surface area contributed by atoms with Crippen LogP contribution >= 0.6 is 0 Å². The van der Waals surface area contributed by atoms with Gasteiger partial charge in [-0.3, -0.25) is 4.79 Å². The van der Waals surface area contributed by atoms with Crippen LogP contribution in [0.2, 0.25) is 0 Å². The molecule has 0 aliphatic rings. The number of carbonyl (C=O) groups excluding carboxylic acids is 1. The lowest BCUT2D eigenvalue weighted by Gasteiger charge is -2.11. The molecular weight excluding hydrogens is 272 g/mol. The number of pyridine rings is 1. The summed E-state index contributed by atoms with van der Waals surface area (Å²) < 4.78 is 10.8. The Bertz CT molecular complexity index is 612. The molecule has 1 amide bonds. The monoisotopic (exact) mass is 290 g/mol. The summed E-state index contributed by atoms with van der Waals surface area (Å²) >= 11 is 0. The molecule has 7 heteroatoms. The molecule has 2 aromatic rings. The Morgan fingerprint density at radius 1 is 1.52 bits per heavy atom. The number of hydrogen-bond donors (Lipinski definition) is 1. The molecule has 1 atom stereocenters. The summed E-state index contributed by atoms with van der Waals surface area (Å²) in [6.45, 7) is 4.01. The first-order valence-electron chi connectivity index (χ1n) is 6.78. The van der Waals surface area contributed by atoms with Gasteiger partial charge >= 0.3 is 0 Å². The van der Waals surface area contributed by atoms with Gasteiger partial charge in [0.15, 0.2) is 5.82 Å². The van der Waals surface area contributed by atoms with Gasteiger partial charge in [-0.05, 0) is 19.4 Å². The summed E-state index contributed by atoms with van der Waals surface area (Å²) in [6, 6.07) is 3.49. The third kappa shape index (κ3) is 4.01. The van der Waals surface area contributed by atoms with Crippen LogP contribution in [-0.2, 0) is 11.2 Å². The smallest absolute Gasteiger partial charge is 0.258 e. The van der Waals surface area contributed by atoms with E-state index in [9.17, 15) is 4.79 Å². The van der Waals surface area contributed by atoms with Crippen molar-refractivity contribution >= 4 is 5.91 Å². The summed E-state index contributed by atoms with van der Waals surface area (Å²) in [4.78, 5) is 19.6. The van der Waals surface area contributed by atoms with Crippen LogP contribution in [0.4, 0.5) is 0 Å². The molecule has 0 saturated heterocycles. The fourth-order valence-corrected chi connectivity index (χ4v) is 1.57. The Kier molecular flexibility index (Phi) is 4.86. The van der Waals surface area contributed by atoms with E-state index in [0.29, 0.717) is 23.2 Å². The van der Waals surface area contributed by atoms with Crippen molar-refractivity contribution < 1.29 is 14.1 Å². The number of rotatable bonds is 6.